The Morgan fingerprint density at radius 2 is 1.96 bits per heavy atom. The molecule has 130 valence electrons. The number of halogens is 1. The standard InChI is InChI=1S/C17H21FN2O4/c1-12(17(23)19-14-8-6-13(18)7-9-14)24-16(22)11-20-10-4-2-3-5-15(20)21/h6-9,12H,2-5,10-11H2,1H3,(H,19,23)/t12-/m0/s1. The van der Waals surface area contributed by atoms with E-state index in [2.05, 4.69) is 5.32 Å². The molecule has 1 aromatic rings. The van der Waals surface area contributed by atoms with Crippen LogP contribution in [0.4, 0.5) is 10.1 Å². The van der Waals surface area contributed by atoms with E-state index in [-0.39, 0.29) is 12.5 Å². The summed E-state index contributed by atoms with van der Waals surface area (Å²) in [5, 5.41) is 2.53. The van der Waals surface area contributed by atoms with Crippen molar-refractivity contribution in [2.45, 2.75) is 38.7 Å². The number of ether oxygens (including phenoxy) is 1. The van der Waals surface area contributed by atoms with Crippen molar-refractivity contribution in [1.29, 1.82) is 0 Å². The van der Waals surface area contributed by atoms with Crippen LogP contribution in [0.1, 0.15) is 32.6 Å². The summed E-state index contributed by atoms with van der Waals surface area (Å²) in [5.74, 6) is -1.60. The van der Waals surface area contributed by atoms with Crippen LogP contribution in [-0.2, 0) is 19.1 Å². The molecule has 1 aliphatic rings. The Hall–Kier alpha value is -2.44. The molecule has 0 radical (unpaired) electrons. The topological polar surface area (TPSA) is 75.7 Å². The number of hydrogen-bond donors (Lipinski definition) is 1. The van der Waals surface area contributed by atoms with Gasteiger partial charge in [0.05, 0.1) is 0 Å². The molecule has 1 atom stereocenters. The minimum atomic E-state index is -1.01. The maximum atomic E-state index is 12.8. The van der Waals surface area contributed by atoms with Crippen LogP contribution in [0.3, 0.4) is 0 Å². The van der Waals surface area contributed by atoms with Crippen molar-refractivity contribution in [3.05, 3.63) is 30.1 Å². The van der Waals surface area contributed by atoms with Gasteiger partial charge in [0.15, 0.2) is 6.10 Å². The van der Waals surface area contributed by atoms with Crippen LogP contribution in [0.2, 0.25) is 0 Å². The number of esters is 1. The van der Waals surface area contributed by atoms with Crippen molar-refractivity contribution >= 4 is 23.5 Å². The summed E-state index contributed by atoms with van der Waals surface area (Å²) in [6.45, 7) is 1.83. The number of amides is 2. The average Bonchev–Trinajstić information content (AvgIpc) is 2.74. The van der Waals surface area contributed by atoms with Crippen LogP contribution in [-0.4, -0.2) is 41.9 Å². The van der Waals surface area contributed by atoms with E-state index in [1.807, 2.05) is 0 Å². The Kier molecular flexibility index (Phi) is 6.28. The highest BCUT2D eigenvalue weighted by Gasteiger charge is 2.23. The minimum Gasteiger partial charge on any atom is -0.451 e. The predicted octanol–water partition coefficient (Wildman–Crippen LogP) is 2.10. The van der Waals surface area contributed by atoms with Gasteiger partial charge in [0.25, 0.3) is 5.91 Å². The normalized spacial score (nSPS) is 16.2. The predicted molar refractivity (Wildman–Crippen MR) is 85.6 cm³/mol. The lowest BCUT2D eigenvalue weighted by atomic mass is 10.2. The van der Waals surface area contributed by atoms with Crippen molar-refractivity contribution in [1.82, 2.24) is 4.90 Å². The number of benzene rings is 1. The van der Waals surface area contributed by atoms with E-state index >= 15 is 0 Å². The number of nitrogens with zero attached hydrogens (tertiary/aromatic N) is 1. The first-order chi connectivity index (χ1) is 11.5. The number of hydrogen-bond acceptors (Lipinski definition) is 4. The molecular formula is C17H21FN2O4. The van der Waals surface area contributed by atoms with Gasteiger partial charge >= 0.3 is 5.97 Å². The average molecular weight is 336 g/mol. The van der Waals surface area contributed by atoms with E-state index in [1.54, 1.807) is 0 Å². The molecule has 24 heavy (non-hydrogen) atoms. The lowest BCUT2D eigenvalue weighted by Crippen LogP contribution is -2.38. The molecule has 1 aromatic carbocycles. The Bertz CT molecular complexity index is 603. The molecule has 1 aliphatic heterocycles. The molecule has 0 bridgehead atoms. The Morgan fingerprint density at radius 1 is 1.25 bits per heavy atom. The first-order valence-corrected chi connectivity index (χ1v) is 7.99. The van der Waals surface area contributed by atoms with Crippen molar-refractivity contribution < 1.29 is 23.5 Å². The SMILES string of the molecule is C[C@H](OC(=O)CN1CCCCCC1=O)C(=O)Nc1ccc(F)cc1. The third-order valence-electron chi connectivity index (χ3n) is 3.78. The second-order valence-corrected chi connectivity index (χ2v) is 5.75. The quantitative estimate of drug-likeness (QED) is 0.836. The third-order valence-corrected chi connectivity index (χ3v) is 3.78. The van der Waals surface area contributed by atoms with Crippen molar-refractivity contribution in [3.8, 4) is 0 Å². The highest BCUT2D eigenvalue weighted by molar-refractivity contribution is 5.95. The molecule has 1 heterocycles. The molecule has 0 unspecified atom stereocenters. The smallest absolute Gasteiger partial charge is 0.326 e. The van der Waals surface area contributed by atoms with Gasteiger partial charge in [0.1, 0.15) is 12.4 Å². The largest absolute Gasteiger partial charge is 0.451 e. The van der Waals surface area contributed by atoms with Crippen molar-refractivity contribution in [3.63, 3.8) is 0 Å². The Balaban J connectivity index is 1.82. The zero-order valence-corrected chi connectivity index (χ0v) is 13.6. The van der Waals surface area contributed by atoms with Gasteiger partial charge in [-0.2, -0.15) is 0 Å². The van der Waals surface area contributed by atoms with Crippen molar-refractivity contribution in [2.75, 3.05) is 18.4 Å². The monoisotopic (exact) mass is 336 g/mol. The van der Waals surface area contributed by atoms with Gasteiger partial charge in [-0.05, 0) is 44.0 Å². The van der Waals surface area contributed by atoms with E-state index < -0.39 is 23.8 Å². The summed E-state index contributed by atoms with van der Waals surface area (Å²) in [7, 11) is 0. The van der Waals surface area contributed by atoms with Gasteiger partial charge < -0.3 is 15.0 Å². The van der Waals surface area contributed by atoms with E-state index in [4.69, 9.17) is 4.74 Å². The van der Waals surface area contributed by atoms with Gasteiger partial charge in [0.2, 0.25) is 5.91 Å². The Morgan fingerprint density at radius 3 is 2.67 bits per heavy atom. The minimum absolute atomic E-state index is 0.0622. The fraction of sp³-hybridized carbons (Fsp3) is 0.471. The molecule has 1 N–H and O–H groups in total. The second kappa shape index (κ2) is 8.42. The van der Waals surface area contributed by atoms with Crippen LogP contribution >= 0.6 is 0 Å². The maximum Gasteiger partial charge on any atom is 0.326 e. The molecule has 7 heteroatoms. The summed E-state index contributed by atoms with van der Waals surface area (Å²) in [6.07, 6.45) is 2.09. The van der Waals surface area contributed by atoms with Crippen molar-refractivity contribution in [2.24, 2.45) is 0 Å². The zero-order chi connectivity index (χ0) is 17.5. The summed E-state index contributed by atoms with van der Waals surface area (Å²) < 4.78 is 17.9. The van der Waals surface area contributed by atoms with Gasteiger partial charge in [0, 0.05) is 18.7 Å². The molecule has 2 rings (SSSR count). The molecule has 6 nitrogen and oxygen atoms in total. The third kappa shape index (κ3) is 5.33. The van der Waals surface area contributed by atoms with Crippen LogP contribution in [0.25, 0.3) is 0 Å². The summed E-state index contributed by atoms with van der Waals surface area (Å²) in [6, 6.07) is 5.27. The summed E-state index contributed by atoms with van der Waals surface area (Å²) in [5.41, 5.74) is 0.409. The lowest BCUT2D eigenvalue weighted by Gasteiger charge is -2.20. The van der Waals surface area contributed by atoms with Crippen LogP contribution < -0.4 is 5.32 Å². The zero-order valence-electron chi connectivity index (χ0n) is 13.6. The number of rotatable bonds is 5. The van der Waals surface area contributed by atoms with E-state index in [0.717, 1.165) is 19.3 Å². The number of likely N-dealkylation sites (tertiary alicyclic amines) is 1. The fourth-order valence-corrected chi connectivity index (χ4v) is 2.43. The molecule has 0 aromatic heterocycles. The first kappa shape index (κ1) is 17.9. The Labute approximate surface area is 140 Å². The molecule has 1 fully saturated rings. The second-order valence-electron chi connectivity index (χ2n) is 5.75. The van der Waals surface area contributed by atoms with Gasteiger partial charge in [-0.3, -0.25) is 14.4 Å². The lowest BCUT2D eigenvalue weighted by molar-refractivity contribution is -0.156. The van der Waals surface area contributed by atoms with E-state index in [1.165, 1.54) is 36.1 Å². The van der Waals surface area contributed by atoms with E-state index in [0.29, 0.717) is 18.7 Å². The fourth-order valence-electron chi connectivity index (χ4n) is 2.43. The number of carbonyl (C=O) groups is 3. The maximum absolute atomic E-state index is 12.8. The highest BCUT2D eigenvalue weighted by Crippen LogP contribution is 2.12. The van der Waals surface area contributed by atoms with Crippen LogP contribution in [0, 0.1) is 5.82 Å². The summed E-state index contributed by atoms with van der Waals surface area (Å²) in [4.78, 5) is 37.2. The summed E-state index contributed by atoms with van der Waals surface area (Å²) >= 11 is 0. The number of anilines is 1. The van der Waals surface area contributed by atoms with Crippen LogP contribution in [0.5, 0.6) is 0 Å². The molecule has 0 saturated carbocycles. The number of nitrogens with one attached hydrogen (secondary N) is 1. The molecular weight excluding hydrogens is 315 g/mol. The molecule has 0 spiro atoms. The molecule has 1 saturated heterocycles. The van der Waals surface area contributed by atoms with Gasteiger partial charge in [-0.1, -0.05) is 6.42 Å². The molecule has 2 amide bonds. The molecule has 0 aliphatic carbocycles. The first-order valence-electron chi connectivity index (χ1n) is 7.99. The van der Waals surface area contributed by atoms with Gasteiger partial charge in [-0.15, -0.1) is 0 Å². The number of carbonyl (C=O) groups excluding carboxylic acids is 3. The van der Waals surface area contributed by atoms with E-state index in [9.17, 15) is 18.8 Å². The van der Waals surface area contributed by atoms with Gasteiger partial charge in [-0.25, -0.2) is 4.39 Å². The highest BCUT2D eigenvalue weighted by atomic mass is 19.1. The van der Waals surface area contributed by atoms with Crippen LogP contribution in [0.15, 0.2) is 24.3 Å².